The number of aliphatic carboxylic acids is 2. The minimum atomic E-state index is -0.695. The van der Waals surface area contributed by atoms with Crippen LogP contribution in [0.3, 0.4) is 0 Å². The summed E-state index contributed by atoms with van der Waals surface area (Å²) in [5.41, 5.74) is 0. The van der Waals surface area contributed by atoms with Gasteiger partial charge in [0.2, 0.25) is 0 Å². The molecular formula is C36H60O4. The zero-order chi connectivity index (χ0) is 29.8. The van der Waals surface area contributed by atoms with E-state index in [9.17, 15) is 9.59 Å². The Morgan fingerprint density at radius 1 is 0.425 bits per heavy atom. The molecular weight excluding hydrogens is 496 g/mol. The van der Waals surface area contributed by atoms with Crippen molar-refractivity contribution in [2.75, 3.05) is 0 Å². The quantitative estimate of drug-likeness (QED) is 0.0820. The van der Waals surface area contributed by atoms with Crippen molar-refractivity contribution in [2.24, 2.45) is 0 Å². The van der Waals surface area contributed by atoms with Crippen LogP contribution in [0.1, 0.15) is 142 Å². The molecule has 0 spiro atoms. The lowest BCUT2D eigenvalue weighted by atomic mass is 10.1. The molecule has 0 aromatic heterocycles. The third-order valence-corrected chi connectivity index (χ3v) is 6.07. The number of hydrogen-bond donors (Lipinski definition) is 2. The number of rotatable bonds is 26. The monoisotopic (exact) mass is 556 g/mol. The van der Waals surface area contributed by atoms with Crippen LogP contribution in [0.5, 0.6) is 0 Å². The average Bonchev–Trinajstić information content (AvgIpc) is 2.93. The van der Waals surface area contributed by atoms with Crippen molar-refractivity contribution in [2.45, 2.75) is 142 Å². The topological polar surface area (TPSA) is 74.6 Å². The SMILES string of the molecule is CC/C=C\C/C=C\C/C=C\CCCCCCCC(=O)O.CCCCC/C=C\C/C=C\C/C=C\CCCCC(=O)O. The van der Waals surface area contributed by atoms with Crippen LogP contribution in [0.25, 0.3) is 0 Å². The summed E-state index contributed by atoms with van der Waals surface area (Å²) in [6, 6.07) is 0. The molecule has 0 amide bonds. The second-order valence-corrected chi connectivity index (χ2v) is 10.0. The van der Waals surface area contributed by atoms with Crippen LogP contribution in [-0.2, 0) is 9.59 Å². The largest absolute Gasteiger partial charge is 0.481 e. The zero-order valence-electron chi connectivity index (χ0n) is 25.8. The number of carbonyl (C=O) groups is 2. The molecule has 0 aliphatic carbocycles. The van der Waals surface area contributed by atoms with Crippen LogP contribution in [-0.4, -0.2) is 22.2 Å². The van der Waals surface area contributed by atoms with Crippen LogP contribution < -0.4 is 0 Å². The maximum absolute atomic E-state index is 10.3. The first-order valence-corrected chi connectivity index (χ1v) is 15.9. The summed E-state index contributed by atoms with van der Waals surface area (Å²) in [7, 11) is 0. The molecule has 0 atom stereocenters. The molecule has 2 N–H and O–H groups in total. The molecule has 4 heteroatoms. The molecule has 0 bridgehead atoms. The summed E-state index contributed by atoms with van der Waals surface area (Å²) in [4.78, 5) is 20.6. The van der Waals surface area contributed by atoms with E-state index in [4.69, 9.17) is 10.2 Å². The molecule has 0 heterocycles. The Kier molecular flexibility index (Phi) is 35.9. The van der Waals surface area contributed by atoms with Crippen LogP contribution >= 0.6 is 0 Å². The van der Waals surface area contributed by atoms with Gasteiger partial charge >= 0.3 is 11.9 Å². The molecule has 0 fully saturated rings. The first-order valence-electron chi connectivity index (χ1n) is 15.9. The normalized spacial score (nSPS) is 12.1. The third kappa shape index (κ3) is 42.5. The molecule has 228 valence electrons. The average molecular weight is 557 g/mol. The summed E-state index contributed by atoms with van der Waals surface area (Å²) in [5, 5.41) is 17.0. The standard InChI is InChI=1S/2C18H30O2/c2*1-2-3-4-5-6-7-8-9-10-11-12-13-14-15-16-17-18(19)20/h6-7,9-10,12-13H,2-5,8,11,14-17H2,1H3,(H,19,20);3-4,6-7,9-10H,2,5,8,11-17H2,1H3,(H,19,20)/b7-6-,10-9-,13-12-;4-3-,7-6-,10-9-. The highest BCUT2D eigenvalue weighted by Crippen LogP contribution is 2.08. The number of carboxylic acid groups (broad SMARTS) is 2. The lowest BCUT2D eigenvalue weighted by Crippen LogP contribution is -1.93. The predicted octanol–water partition coefficient (Wildman–Crippen LogP) is 11.3. The highest BCUT2D eigenvalue weighted by Gasteiger charge is 1.96. The fourth-order valence-electron chi connectivity index (χ4n) is 3.72. The molecule has 0 aliphatic rings. The van der Waals surface area contributed by atoms with Gasteiger partial charge in [0, 0.05) is 12.8 Å². The van der Waals surface area contributed by atoms with Crippen molar-refractivity contribution in [1.29, 1.82) is 0 Å². The fraction of sp³-hybridized carbons (Fsp3) is 0.611. The van der Waals surface area contributed by atoms with Crippen molar-refractivity contribution < 1.29 is 19.8 Å². The van der Waals surface area contributed by atoms with Gasteiger partial charge in [-0.3, -0.25) is 9.59 Å². The van der Waals surface area contributed by atoms with E-state index in [1.54, 1.807) is 0 Å². The Labute approximate surface area is 246 Å². The van der Waals surface area contributed by atoms with E-state index in [0.29, 0.717) is 12.8 Å². The smallest absolute Gasteiger partial charge is 0.303 e. The number of hydrogen-bond acceptors (Lipinski definition) is 2. The van der Waals surface area contributed by atoms with Crippen LogP contribution in [0.4, 0.5) is 0 Å². The second kappa shape index (κ2) is 36.4. The van der Waals surface area contributed by atoms with E-state index in [-0.39, 0.29) is 0 Å². The number of carboxylic acids is 2. The lowest BCUT2D eigenvalue weighted by Gasteiger charge is -1.98. The summed E-state index contributed by atoms with van der Waals surface area (Å²) in [6.45, 7) is 4.38. The van der Waals surface area contributed by atoms with Gasteiger partial charge in [-0.25, -0.2) is 0 Å². The Hall–Kier alpha value is -2.62. The van der Waals surface area contributed by atoms with Gasteiger partial charge in [0.1, 0.15) is 0 Å². The number of allylic oxidation sites excluding steroid dienone is 12. The highest BCUT2D eigenvalue weighted by molar-refractivity contribution is 5.66. The molecule has 0 saturated heterocycles. The van der Waals surface area contributed by atoms with Gasteiger partial charge < -0.3 is 10.2 Å². The second-order valence-electron chi connectivity index (χ2n) is 10.0. The fourth-order valence-corrected chi connectivity index (χ4v) is 3.72. The van der Waals surface area contributed by atoms with Gasteiger partial charge in [0.05, 0.1) is 0 Å². The van der Waals surface area contributed by atoms with Crippen LogP contribution in [0.15, 0.2) is 72.9 Å². The highest BCUT2D eigenvalue weighted by atomic mass is 16.4. The van der Waals surface area contributed by atoms with Gasteiger partial charge in [0.25, 0.3) is 0 Å². The van der Waals surface area contributed by atoms with Crippen molar-refractivity contribution in [3.63, 3.8) is 0 Å². The Morgan fingerprint density at radius 3 is 1.18 bits per heavy atom. The van der Waals surface area contributed by atoms with E-state index in [1.807, 2.05) is 0 Å². The van der Waals surface area contributed by atoms with Gasteiger partial charge in [0.15, 0.2) is 0 Å². The van der Waals surface area contributed by atoms with Gasteiger partial charge in [-0.05, 0) is 83.5 Å². The molecule has 0 aliphatic heterocycles. The van der Waals surface area contributed by atoms with E-state index < -0.39 is 11.9 Å². The lowest BCUT2D eigenvalue weighted by molar-refractivity contribution is -0.138. The van der Waals surface area contributed by atoms with Crippen molar-refractivity contribution in [3.8, 4) is 0 Å². The Balaban J connectivity index is 0. The molecule has 40 heavy (non-hydrogen) atoms. The third-order valence-electron chi connectivity index (χ3n) is 6.07. The van der Waals surface area contributed by atoms with E-state index in [0.717, 1.165) is 77.0 Å². The van der Waals surface area contributed by atoms with Gasteiger partial charge in [-0.2, -0.15) is 0 Å². The minimum absolute atomic E-state index is 0.290. The molecule has 0 aromatic carbocycles. The minimum Gasteiger partial charge on any atom is -0.481 e. The molecule has 0 aromatic rings. The summed E-state index contributed by atoms with van der Waals surface area (Å²) in [5.74, 6) is -1.37. The molecule has 4 nitrogen and oxygen atoms in total. The summed E-state index contributed by atoms with van der Waals surface area (Å²) < 4.78 is 0. The Morgan fingerprint density at radius 2 is 0.750 bits per heavy atom. The van der Waals surface area contributed by atoms with Gasteiger partial charge in [-0.15, -0.1) is 0 Å². The zero-order valence-corrected chi connectivity index (χ0v) is 25.8. The van der Waals surface area contributed by atoms with Crippen molar-refractivity contribution in [1.82, 2.24) is 0 Å². The molecule has 0 saturated carbocycles. The van der Waals surface area contributed by atoms with Crippen molar-refractivity contribution in [3.05, 3.63) is 72.9 Å². The van der Waals surface area contributed by atoms with E-state index >= 15 is 0 Å². The van der Waals surface area contributed by atoms with Crippen LogP contribution in [0.2, 0.25) is 0 Å². The molecule has 0 unspecified atom stereocenters. The predicted molar refractivity (Wildman–Crippen MR) is 174 cm³/mol. The van der Waals surface area contributed by atoms with E-state index in [1.165, 1.54) is 38.5 Å². The first-order chi connectivity index (χ1) is 19.5. The first kappa shape index (κ1) is 39.5. The van der Waals surface area contributed by atoms with Crippen LogP contribution in [0, 0.1) is 0 Å². The Bertz CT molecular complexity index is 725. The van der Waals surface area contributed by atoms with E-state index in [2.05, 4.69) is 86.8 Å². The van der Waals surface area contributed by atoms with Crippen molar-refractivity contribution >= 4 is 11.9 Å². The molecule has 0 radical (unpaired) electrons. The number of unbranched alkanes of at least 4 members (excludes halogenated alkanes) is 10. The van der Waals surface area contributed by atoms with Gasteiger partial charge in [-0.1, -0.05) is 119 Å². The molecule has 0 rings (SSSR count). The maximum atomic E-state index is 10.3. The summed E-state index contributed by atoms with van der Waals surface area (Å²) >= 11 is 0. The summed E-state index contributed by atoms with van der Waals surface area (Å²) in [6.07, 6.45) is 46.7. The maximum Gasteiger partial charge on any atom is 0.303 e.